The average Bonchev–Trinajstić information content (AvgIpc) is 2.33. The van der Waals surface area contributed by atoms with Gasteiger partial charge in [0.05, 0.1) is 6.20 Å². The van der Waals surface area contributed by atoms with Gasteiger partial charge in [0.1, 0.15) is 6.61 Å². The Morgan fingerprint density at radius 1 is 1.78 bits per heavy atom. The first-order chi connectivity index (χ1) is 4.38. The molecule has 0 unspecified atom stereocenters. The van der Waals surface area contributed by atoms with E-state index in [0.717, 1.165) is 12.0 Å². The first-order valence-corrected chi connectivity index (χ1v) is 2.89. The fraction of sp³-hybridized carbons (Fsp3) is 0.500. The number of hydrogen-bond acceptors (Lipinski definition) is 2. The number of aryl methyl sites for hydroxylation is 1. The third-order valence-electron chi connectivity index (χ3n) is 1.24. The van der Waals surface area contributed by atoms with E-state index < -0.39 is 0 Å². The van der Waals surface area contributed by atoms with Crippen molar-refractivity contribution in [2.24, 2.45) is 0 Å². The number of nitrogens with zero attached hydrogens (tertiary/aromatic N) is 1. The second-order valence-corrected chi connectivity index (χ2v) is 1.77. The van der Waals surface area contributed by atoms with Gasteiger partial charge in [-0.1, -0.05) is 12.1 Å². The van der Waals surface area contributed by atoms with Crippen LogP contribution >= 0.6 is 0 Å². The van der Waals surface area contributed by atoms with Gasteiger partial charge in [-0.2, -0.15) is 0 Å². The summed E-state index contributed by atoms with van der Waals surface area (Å²) < 4.78 is 4.64. The summed E-state index contributed by atoms with van der Waals surface area (Å²) in [5.74, 6) is 0.470. The van der Waals surface area contributed by atoms with Crippen LogP contribution in [0.3, 0.4) is 0 Å². The lowest BCUT2D eigenvalue weighted by Gasteiger charge is -1.87. The van der Waals surface area contributed by atoms with Gasteiger partial charge in [-0.25, -0.2) is 5.11 Å². The van der Waals surface area contributed by atoms with Crippen molar-refractivity contribution in [2.75, 3.05) is 0 Å². The minimum Gasteiger partial charge on any atom is -0.358 e. The Morgan fingerprint density at radius 3 is 3.00 bits per heavy atom. The highest BCUT2D eigenvalue weighted by molar-refractivity contribution is 5.11. The zero-order valence-electron chi connectivity index (χ0n) is 5.26. The summed E-state index contributed by atoms with van der Waals surface area (Å²) in [6.45, 7) is 1.66. The monoisotopic (exact) mass is 126 g/mol. The largest absolute Gasteiger partial charge is 0.358 e. The standard InChI is InChI=1S/C6H8NO2/c1-2-5-3-7-9-6(5)4-8/h3H,2,4H2,1H3. The Balaban J connectivity index is 2.85. The van der Waals surface area contributed by atoms with Crippen LogP contribution in [0.25, 0.3) is 0 Å². The normalized spacial score (nSPS) is 10.0. The molecule has 49 valence electrons. The van der Waals surface area contributed by atoms with Gasteiger partial charge in [0.15, 0.2) is 5.76 Å². The van der Waals surface area contributed by atoms with Crippen LogP contribution in [0.15, 0.2) is 10.7 Å². The van der Waals surface area contributed by atoms with Crippen LogP contribution < -0.4 is 0 Å². The predicted octanol–water partition coefficient (Wildman–Crippen LogP) is 1.17. The zero-order chi connectivity index (χ0) is 6.69. The van der Waals surface area contributed by atoms with Gasteiger partial charge in [-0.15, -0.1) is 0 Å². The maximum atomic E-state index is 10.2. The van der Waals surface area contributed by atoms with E-state index in [1.165, 1.54) is 0 Å². The maximum absolute atomic E-state index is 10.2. The SMILES string of the molecule is CCc1cnoc1C[O]. The Labute approximate surface area is 53.3 Å². The van der Waals surface area contributed by atoms with Gasteiger partial charge in [0, 0.05) is 5.56 Å². The molecule has 3 nitrogen and oxygen atoms in total. The van der Waals surface area contributed by atoms with Crippen LogP contribution in [-0.4, -0.2) is 5.16 Å². The van der Waals surface area contributed by atoms with Crippen molar-refractivity contribution in [3.05, 3.63) is 17.5 Å². The molecular formula is C6H8NO2. The Morgan fingerprint density at radius 2 is 2.56 bits per heavy atom. The summed E-state index contributed by atoms with van der Waals surface area (Å²) in [4.78, 5) is 0. The molecule has 1 rings (SSSR count). The van der Waals surface area contributed by atoms with Crippen molar-refractivity contribution in [1.82, 2.24) is 5.16 Å². The third kappa shape index (κ3) is 1.10. The van der Waals surface area contributed by atoms with Gasteiger partial charge >= 0.3 is 0 Å². The summed E-state index contributed by atoms with van der Waals surface area (Å²) >= 11 is 0. The van der Waals surface area contributed by atoms with Gasteiger partial charge in [0.25, 0.3) is 0 Å². The molecule has 0 atom stereocenters. The second kappa shape index (κ2) is 2.64. The molecule has 0 amide bonds. The molecule has 9 heavy (non-hydrogen) atoms. The van der Waals surface area contributed by atoms with E-state index in [1.807, 2.05) is 6.92 Å². The molecule has 0 spiro atoms. The van der Waals surface area contributed by atoms with Crippen LogP contribution in [-0.2, 0) is 18.1 Å². The molecule has 0 saturated heterocycles. The van der Waals surface area contributed by atoms with Crippen molar-refractivity contribution in [1.29, 1.82) is 0 Å². The topological polar surface area (TPSA) is 45.9 Å². The van der Waals surface area contributed by atoms with E-state index in [0.29, 0.717) is 5.76 Å². The summed E-state index contributed by atoms with van der Waals surface area (Å²) in [7, 11) is 0. The summed E-state index contributed by atoms with van der Waals surface area (Å²) in [5, 5.41) is 13.7. The minimum absolute atomic E-state index is 0.302. The molecule has 0 saturated carbocycles. The molecule has 0 N–H and O–H groups in total. The van der Waals surface area contributed by atoms with Crippen LogP contribution in [0.2, 0.25) is 0 Å². The van der Waals surface area contributed by atoms with E-state index in [9.17, 15) is 5.11 Å². The Bertz CT molecular complexity index is 164. The molecule has 3 heteroatoms. The van der Waals surface area contributed by atoms with Crippen molar-refractivity contribution in [3.8, 4) is 0 Å². The zero-order valence-corrected chi connectivity index (χ0v) is 5.26. The fourth-order valence-corrected chi connectivity index (χ4v) is 0.692. The average molecular weight is 126 g/mol. The smallest absolute Gasteiger partial charge is 0.168 e. The van der Waals surface area contributed by atoms with Crippen molar-refractivity contribution in [2.45, 2.75) is 20.0 Å². The molecule has 0 aliphatic heterocycles. The lowest BCUT2D eigenvalue weighted by atomic mass is 10.2. The molecule has 1 radical (unpaired) electrons. The molecule has 0 bridgehead atoms. The molecule has 0 aromatic carbocycles. The predicted molar refractivity (Wildman–Crippen MR) is 30.3 cm³/mol. The van der Waals surface area contributed by atoms with E-state index >= 15 is 0 Å². The maximum Gasteiger partial charge on any atom is 0.168 e. The van der Waals surface area contributed by atoms with Gasteiger partial charge in [-0.05, 0) is 6.42 Å². The minimum atomic E-state index is -0.302. The number of rotatable bonds is 2. The second-order valence-electron chi connectivity index (χ2n) is 1.77. The highest BCUT2D eigenvalue weighted by Crippen LogP contribution is 2.07. The summed E-state index contributed by atoms with van der Waals surface area (Å²) in [6.07, 6.45) is 2.41. The molecule has 1 aromatic heterocycles. The van der Waals surface area contributed by atoms with Crippen molar-refractivity contribution < 1.29 is 9.63 Å². The van der Waals surface area contributed by atoms with Gasteiger partial charge in [-0.3, -0.25) is 0 Å². The molecule has 0 aliphatic rings. The fourth-order valence-electron chi connectivity index (χ4n) is 0.692. The van der Waals surface area contributed by atoms with Crippen LogP contribution in [0.4, 0.5) is 0 Å². The van der Waals surface area contributed by atoms with Gasteiger partial charge in [0.2, 0.25) is 0 Å². The third-order valence-corrected chi connectivity index (χ3v) is 1.24. The molecule has 1 aromatic rings. The Hall–Kier alpha value is -0.830. The highest BCUT2D eigenvalue weighted by Gasteiger charge is 2.03. The Kier molecular flexibility index (Phi) is 1.85. The van der Waals surface area contributed by atoms with Crippen molar-refractivity contribution in [3.63, 3.8) is 0 Å². The van der Waals surface area contributed by atoms with E-state index in [2.05, 4.69) is 9.68 Å². The lowest BCUT2D eigenvalue weighted by Crippen LogP contribution is -1.83. The van der Waals surface area contributed by atoms with Crippen molar-refractivity contribution >= 4 is 0 Å². The molecule has 1 heterocycles. The van der Waals surface area contributed by atoms with Gasteiger partial charge < -0.3 is 4.52 Å². The number of aromatic nitrogens is 1. The van der Waals surface area contributed by atoms with Crippen LogP contribution in [0.5, 0.6) is 0 Å². The quantitative estimate of drug-likeness (QED) is 0.597. The first kappa shape index (κ1) is 6.29. The number of hydrogen-bond donors (Lipinski definition) is 0. The lowest BCUT2D eigenvalue weighted by molar-refractivity contribution is 0.146. The van der Waals surface area contributed by atoms with Crippen LogP contribution in [0.1, 0.15) is 18.2 Å². The molecule has 0 aliphatic carbocycles. The molecule has 0 fully saturated rings. The summed E-state index contributed by atoms with van der Waals surface area (Å²) in [6, 6.07) is 0. The van der Waals surface area contributed by atoms with E-state index in [4.69, 9.17) is 0 Å². The summed E-state index contributed by atoms with van der Waals surface area (Å²) in [5.41, 5.74) is 0.921. The highest BCUT2D eigenvalue weighted by atomic mass is 16.5. The first-order valence-electron chi connectivity index (χ1n) is 2.89. The van der Waals surface area contributed by atoms with E-state index in [-0.39, 0.29) is 6.61 Å². The van der Waals surface area contributed by atoms with Crippen LogP contribution in [0, 0.1) is 0 Å². The van der Waals surface area contributed by atoms with E-state index in [1.54, 1.807) is 6.20 Å². The molecular weight excluding hydrogens is 118 g/mol.